The van der Waals surface area contributed by atoms with Gasteiger partial charge in [0.05, 0.1) is 10.6 Å². The van der Waals surface area contributed by atoms with E-state index in [1.807, 2.05) is 0 Å². The zero-order chi connectivity index (χ0) is 12.6. The monoisotopic (exact) mass is 254 g/mol. The molecule has 1 saturated heterocycles. The number of para-hydroxylation sites is 1. The number of anilines is 1. The van der Waals surface area contributed by atoms with Gasteiger partial charge in [0, 0.05) is 13.6 Å². The largest absolute Gasteiger partial charge is 0.398 e. The van der Waals surface area contributed by atoms with Gasteiger partial charge in [-0.25, -0.2) is 8.42 Å². The molecular formula is C11H14N2O3S. The molecule has 1 amide bonds. The van der Waals surface area contributed by atoms with Crippen molar-refractivity contribution in [3.63, 3.8) is 0 Å². The number of rotatable bonds is 2. The normalized spacial score (nSPS) is 20.9. The van der Waals surface area contributed by atoms with Crippen molar-refractivity contribution in [1.82, 2.24) is 4.90 Å². The van der Waals surface area contributed by atoms with E-state index in [1.165, 1.54) is 17.0 Å². The van der Waals surface area contributed by atoms with Crippen molar-refractivity contribution in [2.75, 3.05) is 19.3 Å². The highest BCUT2D eigenvalue weighted by Gasteiger charge is 2.40. The Bertz CT molecular complexity index is 554. The van der Waals surface area contributed by atoms with Crippen LogP contribution in [0.4, 0.5) is 5.69 Å². The maximum atomic E-state index is 12.3. The Morgan fingerprint density at radius 3 is 2.53 bits per heavy atom. The summed E-state index contributed by atoms with van der Waals surface area (Å²) in [7, 11) is -2.06. The van der Waals surface area contributed by atoms with Gasteiger partial charge in [-0.2, -0.15) is 0 Å². The number of benzene rings is 1. The highest BCUT2D eigenvalue weighted by molar-refractivity contribution is 7.93. The quantitative estimate of drug-likeness (QED) is 0.768. The van der Waals surface area contributed by atoms with Crippen LogP contribution in [0.5, 0.6) is 0 Å². The van der Waals surface area contributed by atoms with Crippen molar-refractivity contribution in [3.05, 3.63) is 24.3 Å². The van der Waals surface area contributed by atoms with Crippen LogP contribution < -0.4 is 5.73 Å². The molecule has 2 N–H and O–H groups in total. The van der Waals surface area contributed by atoms with Gasteiger partial charge in [0.15, 0.2) is 9.84 Å². The maximum Gasteiger partial charge on any atom is 0.241 e. The van der Waals surface area contributed by atoms with Crippen LogP contribution in [0, 0.1) is 0 Å². The minimum absolute atomic E-state index is 0.0497. The summed E-state index contributed by atoms with van der Waals surface area (Å²) in [6.45, 7) is 0.468. The number of carbonyl (C=O) groups is 1. The lowest BCUT2D eigenvalue weighted by Gasteiger charge is -2.12. The molecule has 1 unspecified atom stereocenters. The van der Waals surface area contributed by atoms with Crippen molar-refractivity contribution in [2.24, 2.45) is 0 Å². The molecule has 1 aliphatic rings. The van der Waals surface area contributed by atoms with Gasteiger partial charge in [-0.05, 0) is 18.6 Å². The fraction of sp³-hybridized carbons (Fsp3) is 0.364. The molecule has 1 aliphatic heterocycles. The minimum Gasteiger partial charge on any atom is -0.398 e. The molecule has 1 fully saturated rings. The predicted octanol–water partition coefficient (Wildman–Crippen LogP) is 0.273. The first-order valence-electron chi connectivity index (χ1n) is 5.28. The second kappa shape index (κ2) is 4.03. The van der Waals surface area contributed by atoms with Crippen molar-refractivity contribution in [1.29, 1.82) is 0 Å². The van der Waals surface area contributed by atoms with Gasteiger partial charge >= 0.3 is 0 Å². The summed E-state index contributed by atoms with van der Waals surface area (Å²) in [5.41, 5.74) is 5.84. The van der Waals surface area contributed by atoms with E-state index in [1.54, 1.807) is 19.2 Å². The number of hydrogen-bond donors (Lipinski definition) is 1. The third kappa shape index (κ3) is 1.88. The minimum atomic E-state index is -3.67. The van der Waals surface area contributed by atoms with Crippen LogP contribution in [0.25, 0.3) is 0 Å². The molecule has 6 heteroatoms. The van der Waals surface area contributed by atoms with E-state index >= 15 is 0 Å². The number of carbonyl (C=O) groups excluding carboxylic acids is 1. The first-order chi connectivity index (χ1) is 7.94. The summed E-state index contributed by atoms with van der Waals surface area (Å²) in [4.78, 5) is 13.2. The van der Waals surface area contributed by atoms with Crippen LogP contribution in [0.2, 0.25) is 0 Å². The summed E-state index contributed by atoms with van der Waals surface area (Å²) < 4.78 is 24.6. The van der Waals surface area contributed by atoms with Gasteiger partial charge in [0.1, 0.15) is 5.25 Å². The van der Waals surface area contributed by atoms with Crippen LogP contribution in [-0.2, 0) is 14.6 Å². The van der Waals surface area contributed by atoms with Crippen LogP contribution in [0.3, 0.4) is 0 Å². The SMILES string of the molecule is CN1CCC(S(=O)(=O)c2ccccc2N)C1=O. The summed E-state index contributed by atoms with van der Waals surface area (Å²) in [5, 5.41) is -0.989. The lowest BCUT2D eigenvalue weighted by Crippen LogP contribution is -2.32. The summed E-state index contributed by atoms with van der Waals surface area (Å²) in [5.74, 6) is -0.353. The highest BCUT2D eigenvalue weighted by atomic mass is 32.2. The second-order valence-electron chi connectivity index (χ2n) is 4.12. The van der Waals surface area contributed by atoms with E-state index in [-0.39, 0.29) is 16.5 Å². The molecule has 0 spiro atoms. The van der Waals surface area contributed by atoms with Gasteiger partial charge in [-0.15, -0.1) is 0 Å². The van der Waals surface area contributed by atoms with Gasteiger partial charge in [0.2, 0.25) is 5.91 Å². The molecule has 0 bridgehead atoms. The van der Waals surface area contributed by atoms with Crippen molar-refractivity contribution < 1.29 is 13.2 Å². The molecule has 5 nitrogen and oxygen atoms in total. The van der Waals surface area contributed by atoms with E-state index in [4.69, 9.17) is 5.73 Å². The number of hydrogen-bond acceptors (Lipinski definition) is 4. The van der Waals surface area contributed by atoms with E-state index in [9.17, 15) is 13.2 Å². The number of sulfone groups is 1. The molecule has 0 saturated carbocycles. The standard InChI is InChI=1S/C11H14N2O3S/c1-13-7-6-10(11(13)14)17(15,16)9-5-3-2-4-8(9)12/h2-5,10H,6-7,12H2,1H3. The number of likely N-dealkylation sites (tertiary alicyclic amines) is 1. The number of nitrogen functional groups attached to an aromatic ring is 1. The van der Waals surface area contributed by atoms with Crippen LogP contribution in [0.1, 0.15) is 6.42 Å². The summed E-state index contributed by atoms with van der Waals surface area (Å²) in [6, 6.07) is 6.23. The molecule has 1 atom stereocenters. The van der Waals surface area contributed by atoms with E-state index in [2.05, 4.69) is 0 Å². The molecule has 0 radical (unpaired) electrons. The first-order valence-corrected chi connectivity index (χ1v) is 6.82. The second-order valence-corrected chi connectivity index (χ2v) is 6.22. The molecule has 1 aromatic rings. The van der Waals surface area contributed by atoms with Crippen LogP contribution >= 0.6 is 0 Å². The highest BCUT2D eigenvalue weighted by Crippen LogP contribution is 2.27. The van der Waals surface area contributed by atoms with E-state index in [0.29, 0.717) is 13.0 Å². The lowest BCUT2D eigenvalue weighted by molar-refractivity contribution is -0.126. The zero-order valence-corrected chi connectivity index (χ0v) is 10.3. The molecule has 2 rings (SSSR count). The van der Waals surface area contributed by atoms with Gasteiger partial charge in [-0.1, -0.05) is 12.1 Å². The third-order valence-electron chi connectivity index (χ3n) is 2.98. The number of nitrogens with two attached hydrogens (primary N) is 1. The Kier molecular flexibility index (Phi) is 2.82. The van der Waals surface area contributed by atoms with Gasteiger partial charge in [-0.3, -0.25) is 4.79 Å². The van der Waals surface area contributed by atoms with Crippen molar-refractivity contribution >= 4 is 21.4 Å². The van der Waals surface area contributed by atoms with Crippen LogP contribution in [-0.4, -0.2) is 38.1 Å². The lowest BCUT2D eigenvalue weighted by atomic mass is 10.3. The fourth-order valence-electron chi connectivity index (χ4n) is 1.97. The van der Waals surface area contributed by atoms with E-state index in [0.717, 1.165) is 0 Å². The Morgan fingerprint density at radius 1 is 1.35 bits per heavy atom. The first kappa shape index (κ1) is 11.9. The average molecular weight is 254 g/mol. The Morgan fingerprint density at radius 2 is 2.00 bits per heavy atom. The molecule has 17 heavy (non-hydrogen) atoms. The predicted molar refractivity (Wildman–Crippen MR) is 64.1 cm³/mol. The fourth-order valence-corrected chi connectivity index (χ4v) is 3.80. The Balaban J connectivity index is 2.45. The van der Waals surface area contributed by atoms with Gasteiger partial charge < -0.3 is 10.6 Å². The molecule has 0 aromatic heterocycles. The smallest absolute Gasteiger partial charge is 0.241 e. The zero-order valence-electron chi connectivity index (χ0n) is 9.46. The Hall–Kier alpha value is -1.56. The third-order valence-corrected chi connectivity index (χ3v) is 5.15. The Labute approximate surface area is 100 Å². The van der Waals surface area contributed by atoms with Crippen molar-refractivity contribution in [3.8, 4) is 0 Å². The molecule has 0 aliphatic carbocycles. The molecule has 1 aromatic carbocycles. The number of amides is 1. The average Bonchev–Trinajstić information content (AvgIpc) is 2.60. The van der Waals surface area contributed by atoms with Crippen LogP contribution in [0.15, 0.2) is 29.2 Å². The van der Waals surface area contributed by atoms with E-state index < -0.39 is 15.1 Å². The molecule has 1 heterocycles. The summed E-state index contributed by atoms with van der Waals surface area (Å²) in [6.07, 6.45) is 0.325. The molecular weight excluding hydrogens is 240 g/mol. The van der Waals surface area contributed by atoms with Gasteiger partial charge in [0.25, 0.3) is 0 Å². The topological polar surface area (TPSA) is 80.5 Å². The maximum absolute atomic E-state index is 12.3. The molecule has 92 valence electrons. The number of nitrogens with zero attached hydrogens (tertiary/aromatic N) is 1. The summed E-state index contributed by atoms with van der Waals surface area (Å²) >= 11 is 0. The van der Waals surface area contributed by atoms with Crippen molar-refractivity contribution in [2.45, 2.75) is 16.6 Å².